The van der Waals surface area contributed by atoms with Crippen LogP contribution in [0.15, 0.2) is 24.3 Å². The standard InChI is InChI=1S/C23H24ClFN2O5S/c1-31-12-11-26-22(30)21-15-5-2-3-8-18(15)33-23(21)27-19(28)13-32-20(29)10-9-14-16(24)6-4-7-17(14)25/h4,6-7,9-10H,2-3,5,8,11-13H2,1H3,(H,26,30)(H,27,28)/b10-9+. The first-order valence-corrected chi connectivity index (χ1v) is 11.6. The van der Waals surface area contributed by atoms with Crippen LogP contribution in [0.2, 0.25) is 5.02 Å². The van der Waals surface area contributed by atoms with E-state index in [0.717, 1.165) is 42.2 Å². The normalized spacial score (nSPS) is 12.9. The second kappa shape index (κ2) is 11.9. The lowest BCUT2D eigenvalue weighted by Crippen LogP contribution is -2.29. The molecule has 33 heavy (non-hydrogen) atoms. The molecule has 1 aliphatic rings. The Hall–Kier alpha value is -2.75. The number of ether oxygens (including phenoxy) is 2. The number of nitrogens with one attached hydrogen (secondary N) is 2. The number of carbonyl (C=O) groups is 3. The summed E-state index contributed by atoms with van der Waals surface area (Å²) in [7, 11) is 1.55. The van der Waals surface area contributed by atoms with Crippen molar-refractivity contribution in [3.05, 3.63) is 56.7 Å². The van der Waals surface area contributed by atoms with Crippen LogP contribution >= 0.6 is 22.9 Å². The highest BCUT2D eigenvalue weighted by atomic mass is 35.5. The van der Waals surface area contributed by atoms with Crippen LogP contribution in [0.3, 0.4) is 0 Å². The molecule has 7 nitrogen and oxygen atoms in total. The zero-order chi connectivity index (χ0) is 23.8. The highest BCUT2D eigenvalue weighted by molar-refractivity contribution is 7.17. The van der Waals surface area contributed by atoms with Gasteiger partial charge in [-0.05, 0) is 49.5 Å². The van der Waals surface area contributed by atoms with E-state index in [2.05, 4.69) is 10.6 Å². The number of hydrogen-bond acceptors (Lipinski definition) is 6. The van der Waals surface area contributed by atoms with Crippen molar-refractivity contribution >= 4 is 51.8 Å². The van der Waals surface area contributed by atoms with Crippen LogP contribution in [0.25, 0.3) is 6.08 Å². The quantitative estimate of drug-likeness (QED) is 0.312. The molecular weight excluding hydrogens is 471 g/mol. The SMILES string of the molecule is COCCNC(=O)c1c(NC(=O)COC(=O)/C=C/c2c(F)cccc2Cl)sc2c1CCCC2. The van der Waals surface area contributed by atoms with Crippen molar-refractivity contribution in [3.8, 4) is 0 Å². The summed E-state index contributed by atoms with van der Waals surface area (Å²) in [6.45, 7) is 0.173. The zero-order valence-corrected chi connectivity index (χ0v) is 19.6. The van der Waals surface area contributed by atoms with E-state index in [1.54, 1.807) is 7.11 Å². The Morgan fingerprint density at radius 3 is 2.79 bits per heavy atom. The number of methoxy groups -OCH3 is 1. The van der Waals surface area contributed by atoms with Gasteiger partial charge in [-0.2, -0.15) is 0 Å². The van der Waals surface area contributed by atoms with Crippen molar-refractivity contribution in [2.24, 2.45) is 0 Å². The van der Waals surface area contributed by atoms with Gasteiger partial charge >= 0.3 is 5.97 Å². The van der Waals surface area contributed by atoms with E-state index in [4.69, 9.17) is 21.1 Å². The number of fused-ring (bicyclic) bond motifs is 1. The molecule has 0 unspecified atom stereocenters. The molecule has 0 saturated heterocycles. The fourth-order valence-corrected chi connectivity index (χ4v) is 4.95. The van der Waals surface area contributed by atoms with Crippen LogP contribution in [0.4, 0.5) is 9.39 Å². The number of thiophene rings is 1. The smallest absolute Gasteiger partial charge is 0.331 e. The molecule has 0 bridgehead atoms. The summed E-state index contributed by atoms with van der Waals surface area (Å²) in [6, 6.07) is 4.16. The van der Waals surface area contributed by atoms with Gasteiger partial charge in [0.25, 0.3) is 11.8 Å². The molecule has 0 fully saturated rings. The summed E-state index contributed by atoms with van der Waals surface area (Å²) >= 11 is 7.28. The van der Waals surface area contributed by atoms with Crippen LogP contribution in [0, 0.1) is 5.82 Å². The van der Waals surface area contributed by atoms with Crippen molar-refractivity contribution < 1.29 is 28.2 Å². The zero-order valence-electron chi connectivity index (χ0n) is 18.0. The Morgan fingerprint density at radius 2 is 2.03 bits per heavy atom. The van der Waals surface area contributed by atoms with Gasteiger partial charge in [-0.25, -0.2) is 9.18 Å². The molecule has 2 aromatic rings. The van der Waals surface area contributed by atoms with Gasteiger partial charge in [-0.1, -0.05) is 17.7 Å². The van der Waals surface area contributed by atoms with Gasteiger partial charge in [0.05, 0.1) is 17.2 Å². The molecule has 0 spiro atoms. The predicted molar refractivity (Wildman–Crippen MR) is 125 cm³/mol. The monoisotopic (exact) mass is 494 g/mol. The van der Waals surface area contributed by atoms with Gasteiger partial charge in [0, 0.05) is 30.2 Å². The molecular formula is C23H24ClFN2O5S. The minimum absolute atomic E-state index is 0.0499. The van der Waals surface area contributed by atoms with E-state index in [0.29, 0.717) is 23.7 Å². The number of hydrogen-bond donors (Lipinski definition) is 2. The van der Waals surface area contributed by atoms with Crippen LogP contribution < -0.4 is 10.6 Å². The molecule has 0 saturated carbocycles. The van der Waals surface area contributed by atoms with Gasteiger partial charge in [0.2, 0.25) is 0 Å². The Bertz CT molecular complexity index is 1050. The molecule has 0 radical (unpaired) electrons. The Balaban J connectivity index is 1.62. The summed E-state index contributed by atoms with van der Waals surface area (Å²) in [5.41, 5.74) is 1.46. The predicted octanol–water partition coefficient (Wildman–Crippen LogP) is 3.99. The minimum atomic E-state index is -0.826. The second-order valence-corrected chi connectivity index (χ2v) is 8.80. The van der Waals surface area contributed by atoms with Gasteiger partial charge in [-0.15, -0.1) is 11.3 Å². The first kappa shape index (κ1) is 24.9. The lowest BCUT2D eigenvalue weighted by molar-refractivity contribution is -0.142. The van der Waals surface area contributed by atoms with Crippen molar-refractivity contribution in [3.63, 3.8) is 0 Å². The van der Waals surface area contributed by atoms with E-state index >= 15 is 0 Å². The largest absolute Gasteiger partial charge is 0.452 e. The first-order chi connectivity index (χ1) is 15.9. The maximum atomic E-state index is 13.8. The molecule has 0 aliphatic heterocycles. The molecule has 176 valence electrons. The molecule has 1 aliphatic carbocycles. The number of anilines is 1. The molecule has 0 atom stereocenters. The number of benzene rings is 1. The van der Waals surface area contributed by atoms with E-state index in [1.807, 2.05) is 0 Å². The summed E-state index contributed by atoms with van der Waals surface area (Å²) in [6.07, 6.45) is 5.82. The van der Waals surface area contributed by atoms with E-state index in [1.165, 1.54) is 35.6 Å². The third-order valence-electron chi connectivity index (χ3n) is 4.97. The van der Waals surface area contributed by atoms with E-state index < -0.39 is 24.3 Å². The third kappa shape index (κ3) is 6.63. The minimum Gasteiger partial charge on any atom is -0.452 e. The number of aryl methyl sites for hydroxylation is 1. The molecule has 2 amide bonds. The van der Waals surface area contributed by atoms with Crippen molar-refractivity contribution in [1.29, 1.82) is 0 Å². The van der Waals surface area contributed by atoms with Gasteiger partial charge in [0.1, 0.15) is 10.8 Å². The molecule has 1 heterocycles. The average Bonchev–Trinajstić information content (AvgIpc) is 3.15. The summed E-state index contributed by atoms with van der Waals surface area (Å²) < 4.78 is 23.7. The maximum Gasteiger partial charge on any atom is 0.331 e. The number of amides is 2. The van der Waals surface area contributed by atoms with Crippen LogP contribution in [-0.2, 0) is 31.9 Å². The highest BCUT2D eigenvalue weighted by Crippen LogP contribution is 2.38. The molecule has 2 N–H and O–H groups in total. The molecule has 10 heteroatoms. The Labute approximate surface area is 199 Å². The van der Waals surface area contributed by atoms with Crippen molar-refractivity contribution in [2.45, 2.75) is 25.7 Å². The summed E-state index contributed by atoms with van der Waals surface area (Å²) in [5.74, 6) is -2.26. The van der Waals surface area contributed by atoms with Gasteiger partial charge in [-0.3, -0.25) is 9.59 Å². The number of halogens is 2. The van der Waals surface area contributed by atoms with E-state index in [-0.39, 0.29) is 16.5 Å². The molecule has 3 rings (SSSR count). The van der Waals surface area contributed by atoms with Crippen molar-refractivity contribution in [2.75, 3.05) is 32.2 Å². The lowest BCUT2D eigenvalue weighted by atomic mass is 9.95. The van der Waals surface area contributed by atoms with Crippen molar-refractivity contribution in [1.82, 2.24) is 5.32 Å². The number of esters is 1. The second-order valence-electron chi connectivity index (χ2n) is 7.29. The Kier molecular flexibility index (Phi) is 8.99. The fraction of sp³-hybridized carbons (Fsp3) is 0.348. The topological polar surface area (TPSA) is 93.7 Å². The van der Waals surface area contributed by atoms with Gasteiger partial charge in [0.15, 0.2) is 6.61 Å². The number of rotatable bonds is 9. The first-order valence-electron chi connectivity index (χ1n) is 10.4. The van der Waals surface area contributed by atoms with Crippen LogP contribution in [0.5, 0.6) is 0 Å². The summed E-state index contributed by atoms with van der Waals surface area (Å²) in [5, 5.41) is 6.07. The average molecular weight is 495 g/mol. The Morgan fingerprint density at radius 1 is 1.24 bits per heavy atom. The number of carbonyl (C=O) groups excluding carboxylic acids is 3. The van der Waals surface area contributed by atoms with Gasteiger partial charge < -0.3 is 20.1 Å². The fourth-order valence-electron chi connectivity index (χ4n) is 3.42. The summed E-state index contributed by atoms with van der Waals surface area (Å²) in [4.78, 5) is 38.2. The lowest BCUT2D eigenvalue weighted by Gasteiger charge is -2.13. The van der Waals surface area contributed by atoms with Crippen LogP contribution in [0.1, 0.15) is 39.2 Å². The van der Waals surface area contributed by atoms with Crippen LogP contribution in [-0.4, -0.2) is 44.7 Å². The molecule has 1 aromatic carbocycles. The maximum absolute atomic E-state index is 13.8. The highest BCUT2D eigenvalue weighted by Gasteiger charge is 2.26. The third-order valence-corrected chi connectivity index (χ3v) is 6.51. The van der Waals surface area contributed by atoms with E-state index in [9.17, 15) is 18.8 Å². The molecule has 1 aromatic heterocycles.